The number of hydrogen-bond donors (Lipinski definition) is 2. The lowest BCUT2D eigenvalue weighted by Gasteiger charge is -2.28. The summed E-state index contributed by atoms with van der Waals surface area (Å²) in [6.07, 6.45) is 4.49. The van der Waals surface area contributed by atoms with Crippen molar-refractivity contribution in [3.8, 4) is 17.2 Å². The second-order valence-electron chi connectivity index (χ2n) is 6.49. The summed E-state index contributed by atoms with van der Waals surface area (Å²) >= 11 is 0. The zero-order valence-corrected chi connectivity index (χ0v) is 13.7. The summed E-state index contributed by atoms with van der Waals surface area (Å²) in [5.74, 6) is 0.917. The van der Waals surface area contributed by atoms with E-state index in [4.69, 9.17) is 4.74 Å². The molecular formula is C20H20O4. The maximum Gasteiger partial charge on any atom is 0.163 e. The van der Waals surface area contributed by atoms with Gasteiger partial charge in [0.15, 0.2) is 5.78 Å². The van der Waals surface area contributed by atoms with Crippen LogP contribution in [0.25, 0.3) is 6.08 Å². The maximum atomic E-state index is 12.2. The maximum absolute atomic E-state index is 12.2. The Hall–Kier alpha value is -2.75. The number of phenols is 2. The molecule has 0 saturated carbocycles. The molecular weight excluding hydrogens is 304 g/mol. The third-order valence-corrected chi connectivity index (χ3v) is 4.10. The number of carbonyl (C=O) groups excluding carboxylic acids is 1. The molecule has 2 N–H and O–H groups in total. The quantitative estimate of drug-likeness (QED) is 0.831. The van der Waals surface area contributed by atoms with Gasteiger partial charge in [-0.05, 0) is 68.3 Å². The Kier molecular flexibility index (Phi) is 4.06. The first kappa shape index (κ1) is 16.1. The highest BCUT2D eigenvalue weighted by atomic mass is 16.5. The SMILES string of the molecule is CC1(C)C=Cc2c(ccc(CCC(=O)c3ccc(O)cc3)c2O)O1. The number of hydrogen-bond acceptors (Lipinski definition) is 4. The van der Waals surface area contributed by atoms with E-state index in [0.717, 1.165) is 0 Å². The Morgan fingerprint density at radius 3 is 2.50 bits per heavy atom. The highest BCUT2D eigenvalue weighted by Crippen LogP contribution is 2.38. The van der Waals surface area contributed by atoms with Crippen LogP contribution in [0.15, 0.2) is 42.5 Å². The number of phenolic OH excluding ortho intramolecular Hbond substituents is 2. The fourth-order valence-corrected chi connectivity index (χ4v) is 2.73. The first-order valence-corrected chi connectivity index (χ1v) is 7.91. The van der Waals surface area contributed by atoms with Crippen molar-refractivity contribution in [1.29, 1.82) is 0 Å². The van der Waals surface area contributed by atoms with E-state index in [0.29, 0.717) is 28.9 Å². The number of Topliss-reactive ketones (excluding diaryl/α,β-unsaturated/α-hetero) is 1. The van der Waals surface area contributed by atoms with Crippen LogP contribution in [-0.4, -0.2) is 21.6 Å². The van der Waals surface area contributed by atoms with Crippen LogP contribution < -0.4 is 4.74 Å². The van der Waals surface area contributed by atoms with Crippen LogP contribution in [0, 0.1) is 0 Å². The van der Waals surface area contributed by atoms with Gasteiger partial charge in [0.2, 0.25) is 0 Å². The molecule has 1 aliphatic heterocycles. The Morgan fingerprint density at radius 2 is 1.79 bits per heavy atom. The summed E-state index contributed by atoms with van der Waals surface area (Å²) in [6.45, 7) is 3.90. The minimum Gasteiger partial charge on any atom is -0.508 e. The molecule has 0 spiro atoms. The van der Waals surface area contributed by atoms with Gasteiger partial charge in [-0.3, -0.25) is 4.79 Å². The molecule has 1 heterocycles. The standard InChI is InChI=1S/C20H20O4/c1-20(2)12-11-16-18(24-20)10-6-14(19(16)23)5-9-17(22)13-3-7-15(21)8-4-13/h3-4,6-8,10-12,21,23H,5,9H2,1-2H3. The summed E-state index contributed by atoms with van der Waals surface area (Å²) in [6, 6.07) is 9.82. The van der Waals surface area contributed by atoms with Crippen LogP contribution in [0.2, 0.25) is 0 Å². The first-order chi connectivity index (χ1) is 11.4. The van der Waals surface area contributed by atoms with Crippen molar-refractivity contribution in [1.82, 2.24) is 0 Å². The summed E-state index contributed by atoms with van der Waals surface area (Å²) in [5.41, 5.74) is 1.53. The highest BCUT2D eigenvalue weighted by molar-refractivity contribution is 5.96. The molecule has 1 aliphatic rings. The lowest BCUT2D eigenvalue weighted by molar-refractivity contribution is 0.0982. The molecule has 0 atom stereocenters. The van der Waals surface area contributed by atoms with Crippen molar-refractivity contribution < 1.29 is 19.7 Å². The van der Waals surface area contributed by atoms with Gasteiger partial charge in [-0.25, -0.2) is 0 Å². The van der Waals surface area contributed by atoms with Gasteiger partial charge in [0.25, 0.3) is 0 Å². The number of benzene rings is 2. The average Bonchev–Trinajstić information content (AvgIpc) is 2.53. The molecule has 24 heavy (non-hydrogen) atoms. The Balaban J connectivity index is 1.75. The molecule has 4 nitrogen and oxygen atoms in total. The topological polar surface area (TPSA) is 66.8 Å². The number of rotatable bonds is 4. The molecule has 0 fully saturated rings. The molecule has 3 rings (SSSR count). The van der Waals surface area contributed by atoms with E-state index in [1.165, 1.54) is 12.1 Å². The van der Waals surface area contributed by atoms with Crippen LogP contribution in [0.1, 0.15) is 41.8 Å². The molecule has 0 unspecified atom stereocenters. The molecule has 0 amide bonds. The van der Waals surface area contributed by atoms with Gasteiger partial charge >= 0.3 is 0 Å². The number of aromatic hydroxyl groups is 2. The molecule has 124 valence electrons. The molecule has 2 aromatic carbocycles. The van der Waals surface area contributed by atoms with Crippen molar-refractivity contribution in [2.24, 2.45) is 0 Å². The third-order valence-electron chi connectivity index (χ3n) is 4.10. The van der Waals surface area contributed by atoms with E-state index >= 15 is 0 Å². The normalized spacial score (nSPS) is 14.8. The minimum atomic E-state index is -0.393. The number of aryl methyl sites for hydroxylation is 1. The van der Waals surface area contributed by atoms with E-state index < -0.39 is 5.60 Å². The molecule has 0 bridgehead atoms. The lowest BCUT2D eigenvalue weighted by Crippen LogP contribution is -2.27. The van der Waals surface area contributed by atoms with E-state index in [2.05, 4.69) is 0 Å². The van der Waals surface area contributed by atoms with Gasteiger partial charge < -0.3 is 14.9 Å². The van der Waals surface area contributed by atoms with Gasteiger partial charge in [0, 0.05) is 12.0 Å². The van der Waals surface area contributed by atoms with Crippen molar-refractivity contribution in [2.75, 3.05) is 0 Å². The van der Waals surface area contributed by atoms with E-state index in [9.17, 15) is 15.0 Å². The van der Waals surface area contributed by atoms with E-state index in [1.807, 2.05) is 32.1 Å². The summed E-state index contributed by atoms with van der Waals surface area (Å²) in [7, 11) is 0. The summed E-state index contributed by atoms with van der Waals surface area (Å²) in [5, 5.41) is 19.7. The Labute approximate surface area is 141 Å². The molecule has 2 aromatic rings. The van der Waals surface area contributed by atoms with Gasteiger partial charge in [0.1, 0.15) is 22.8 Å². The fourth-order valence-electron chi connectivity index (χ4n) is 2.73. The van der Waals surface area contributed by atoms with Gasteiger partial charge in [-0.1, -0.05) is 6.07 Å². The lowest BCUT2D eigenvalue weighted by atomic mass is 9.96. The van der Waals surface area contributed by atoms with Crippen LogP contribution in [0.5, 0.6) is 17.2 Å². The van der Waals surface area contributed by atoms with Crippen LogP contribution in [0.3, 0.4) is 0 Å². The van der Waals surface area contributed by atoms with Gasteiger partial charge in [0.05, 0.1) is 5.56 Å². The molecule has 4 heteroatoms. The summed E-state index contributed by atoms with van der Waals surface area (Å²) < 4.78 is 5.82. The minimum absolute atomic E-state index is 0.0277. The second-order valence-corrected chi connectivity index (χ2v) is 6.49. The van der Waals surface area contributed by atoms with Crippen LogP contribution in [-0.2, 0) is 6.42 Å². The Bertz CT molecular complexity index is 801. The van der Waals surface area contributed by atoms with E-state index in [1.54, 1.807) is 18.2 Å². The zero-order chi connectivity index (χ0) is 17.3. The fraction of sp³-hybridized carbons (Fsp3) is 0.250. The third kappa shape index (κ3) is 3.27. The van der Waals surface area contributed by atoms with Crippen molar-refractivity contribution in [3.63, 3.8) is 0 Å². The van der Waals surface area contributed by atoms with Crippen molar-refractivity contribution in [3.05, 3.63) is 59.2 Å². The molecule has 0 saturated heterocycles. The number of ether oxygens (including phenoxy) is 1. The van der Waals surface area contributed by atoms with E-state index in [-0.39, 0.29) is 23.7 Å². The smallest absolute Gasteiger partial charge is 0.163 e. The highest BCUT2D eigenvalue weighted by Gasteiger charge is 2.24. The zero-order valence-electron chi connectivity index (χ0n) is 13.7. The molecule has 0 aromatic heterocycles. The number of carbonyl (C=O) groups is 1. The second kappa shape index (κ2) is 6.04. The van der Waals surface area contributed by atoms with Gasteiger partial charge in [-0.15, -0.1) is 0 Å². The molecule has 0 aliphatic carbocycles. The Morgan fingerprint density at radius 1 is 1.08 bits per heavy atom. The molecule has 0 radical (unpaired) electrons. The van der Waals surface area contributed by atoms with Crippen molar-refractivity contribution in [2.45, 2.75) is 32.3 Å². The predicted molar refractivity (Wildman–Crippen MR) is 92.6 cm³/mol. The van der Waals surface area contributed by atoms with Crippen LogP contribution in [0.4, 0.5) is 0 Å². The summed E-state index contributed by atoms with van der Waals surface area (Å²) in [4.78, 5) is 12.2. The number of ketones is 1. The number of fused-ring (bicyclic) bond motifs is 1. The largest absolute Gasteiger partial charge is 0.508 e. The first-order valence-electron chi connectivity index (χ1n) is 7.91. The van der Waals surface area contributed by atoms with Crippen molar-refractivity contribution >= 4 is 11.9 Å². The van der Waals surface area contributed by atoms with Crippen LogP contribution >= 0.6 is 0 Å². The average molecular weight is 324 g/mol. The predicted octanol–water partition coefficient (Wildman–Crippen LogP) is 4.10. The monoisotopic (exact) mass is 324 g/mol. The van der Waals surface area contributed by atoms with Gasteiger partial charge in [-0.2, -0.15) is 0 Å².